The number of carbonyl (C=O) groups is 2. The van der Waals surface area contributed by atoms with Gasteiger partial charge in [-0.05, 0) is 24.5 Å². The predicted molar refractivity (Wildman–Crippen MR) is 70.7 cm³/mol. The fourth-order valence-corrected chi connectivity index (χ4v) is 2.24. The van der Waals surface area contributed by atoms with E-state index in [1.165, 1.54) is 18.1 Å². The average molecular weight is 262 g/mol. The summed E-state index contributed by atoms with van der Waals surface area (Å²) in [5.41, 5.74) is 2.57. The van der Waals surface area contributed by atoms with Crippen molar-refractivity contribution in [1.82, 2.24) is 10.2 Å². The van der Waals surface area contributed by atoms with E-state index < -0.39 is 12.0 Å². The van der Waals surface area contributed by atoms with Crippen LogP contribution in [0, 0.1) is 0 Å². The Morgan fingerprint density at radius 3 is 2.74 bits per heavy atom. The van der Waals surface area contributed by atoms with Gasteiger partial charge in [-0.1, -0.05) is 24.3 Å². The Kier molecular flexibility index (Phi) is 4.16. The quantitative estimate of drug-likeness (QED) is 0.835. The molecule has 2 N–H and O–H groups in total. The van der Waals surface area contributed by atoms with Crippen LogP contribution in [0.2, 0.25) is 0 Å². The van der Waals surface area contributed by atoms with Gasteiger partial charge in [-0.25, -0.2) is 0 Å². The molecule has 0 aliphatic carbocycles. The normalized spacial score (nSPS) is 16.5. The van der Waals surface area contributed by atoms with Gasteiger partial charge in [0.25, 0.3) is 0 Å². The maximum absolute atomic E-state index is 11.7. The summed E-state index contributed by atoms with van der Waals surface area (Å²) in [5.74, 6) is -1.26. The number of hydrogen-bond donors (Lipinski definition) is 2. The van der Waals surface area contributed by atoms with Crippen LogP contribution in [0.15, 0.2) is 24.3 Å². The van der Waals surface area contributed by atoms with Gasteiger partial charge in [0.1, 0.15) is 6.04 Å². The number of fused-ring (bicyclic) bond motifs is 1. The van der Waals surface area contributed by atoms with Crippen molar-refractivity contribution in [3.8, 4) is 0 Å². The van der Waals surface area contributed by atoms with Crippen molar-refractivity contribution in [3.63, 3.8) is 0 Å². The predicted octanol–water partition coefficient (Wildman–Crippen LogP) is 0.634. The van der Waals surface area contributed by atoms with Crippen LogP contribution in [0.25, 0.3) is 0 Å². The molecule has 0 aromatic heterocycles. The van der Waals surface area contributed by atoms with Crippen LogP contribution < -0.4 is 5.32 Å². The highest BCUT2D eigenvalue weighted by atomic mass is 16.4. The number of carboxylic acid groups (broad SMARTS) is 1. The molecule has 0 fully saturated rings. The fourth-order valence-electron chi connectivity index (χ4n) is 2.24. The molecule has 1 heterocycles. The SMILES string of the molecule is CC(NC(=O)CN1CCc2ccccc2C1)C(=O)O. The van der Waals surface area contributed by atoms with Crippen LogP contribution in [0.1, 0.15) is 18.1 Å². The van der Waals surface area contributed by atoms with E-state index in [1.807, 2.05) is 17.0 Å². The lowest BCUT2D eigenvalue weighted by atomic mass is 10.00. The summed E-state index contributed by atoms with van der Waals surface area (Å²) in [6.45, 7) is 3.27. The molecule has 0 saturated carbocycles. The maximum Gasteiger partial charge on any atom is 0.325 e. The molecule has 2 rings (SSSR count). The first-order valence-electron chi connectivity index (χ1n) is 6.37. The van der Waals surface area contributed by atoms with Crippen LogP contribution in [-0.4, -0.2) is 41.0 Å². The minimum Gasteiger partial charge on any atom is -0.480 e. The highest BCUT2D eigenvalue weighted by Crippen LogP contribution is 2.17. The number of carbonyl (C=O) groups excluding carboxylic acids is 1. The minimum absolute atomic E-state index is 0.241. The zero-order valence-electron chi connectivity index (χ0n) is 10.9. The van der Waals surface area contributed by atoms with Crippen molar-refractivity contribution in [2.24, 2.45) is 0 Å². The van der Waals surface area contributed by atoms with E-state index in [0.29, 0.717) is 0 Å². The molecule has 1 amide bonds. The first kappa shape index (κ1) is 13.5. The Labute approximate surface area is 112 Å². The van der Waals surface area contributed by atoms with E-state index in [2.05, 4.69) is 17.4 Å². The molecule has 0 spiro atoms. The number of benzene rings is 1. The summed E-state index contributed by atoms with van der Waals surface area (Å²) < 4.78 is 0. The molecule has 1 aromatic rings. The number of aliphatic carboxylic acids is 1. The van der Waals surface area contributed by atoms with Gasteiger partial charge in [0, 0.05) is 13.1 Å². The zero-order valence-corrected chi connectivity index (χ0v) is 10.9. The number of amides is 1. The van der Waals surface area contributed by atoms with E-state index in [4.69, 9.17) is 5.11 Å². The second-order valence-corrected chi connectivity index (χ2v) is 4.86. The Morgan fingerprint density at radius 2 is 2.05 bits per heavy atom. The van der Waals surface area contributed by atoms with E-state index in [0.717, 1.165) is 19.5 Å². The van der Waals surface area contributed by atoms with Crippen LogP contribution in [-0.2, 0) is 22.6 Å². The van der Waals surface area contributed by atoms with Crippen LogP contribution in [0.3, 0.4) is 0 Å². The van der Waals surface area contributed by atoms with Gasteiger partial charge >= 0.3 is 5.97 Å². The summed E-state index contributed by atoms with van der Waals surface area (Å²) in [6, 6.07) is 7.35. The molecule has 1 atom stereocenters. The molecular weight excluding hydrogens is 244 g/mol. The molecule has 102 valence electrons. The third-order valence-corrected chi connectivity index (χ3v) is 3.32. The van der Waals surface area contributed by atoms with Gasteiger partial charge in [-0.15, -0.1) is 0 Å². The van der Waals surface area contributed by atoms with Crippen molar-refractivity contribution in [3.05, 3.63) is 35.4 Å². The summed E-state index contributed by atoms with van der Waals surface area (Å²) >= 11 is 0. The van der Waals surface area contributed by atoms with E-state index >= 15 is 0 Å². The van der Waals surface area contributed by atoms with E-state index in [1.54, 1.807) is 0 Å². The Hall–Kier alpha value is -1.88. The first-order valence-corrected chi connectivity index (χ1v) is 6.37. The van der Waals surface area contributed by atoms with Crippen molar-refractivity contribution in [1.29, 1.82) is 0 Å². The van der Waals surface area contributed by atoms with Gasteiger partial charge in [0.2, 0.25) is 5.91 Å². The largest absolute Gasteiger partial charge is 0.480 e. The molecule has 5 nitrogen and oxygen atoms in total. The second kappa shape index (κ2) is 5.84. The Balaban J connectivity index is 1.88. The lowest BCUT2D eigenvalue weighted by Crippen LogP contribution is -2.45. The fraction of sp³-hybridized carbons (Fsp3) is 0.429. The molecule has 0 bridgehead atoms. The number of carboxylic acids is 1. The zero-order chi connectivity index (χ0) is 13.8. The highest BCUT2D eigenvalue weighted by Gasteiger charge is 2.20. The number of hydrogen-bond acceptors (Lipinski definition) is 3. The topological polar surface area (TPSA) is 69.6 Å². The summed E-state index contributed by atoms with van der Waals surface area (Å²) in [7, 11) is 0. The number of nitrogens with zero attached hydrogens (tertiary/aromatic N) is 1. The second-order valence-electron chi connectivity index (χ2n) is 4.86. The molecule has 1 unspecified atom stereocenters. The highest BCUT2D eigenvalue weighted by molar-refractivity contribution is 5.84. The van der Waals surface area contributed by atoms with Crippen molar-refractivity contribution in [2.45, 2.75) is 25.9 Å². The Morgan fingerprint density at radius 1 is 1.37 bits per heavy atom. The molecule has 19 heavy (non-hydrogen) atoms. The third-order valence-electron chi connectivity index (χ3n) is 3.32. The molecule has 0 radical (unpaired) electrons. The number of nitrogens with one attached hydrogen (secondary N) is 1. The van der Waals surface area contributed by atoms with Crippen molar-refractivity contribution in [2.75, 3.05) is 13.1 Å². The van der Waals surface area contributed by atoms with Crippen LogP contribution in [0.5, 0.6) is 0 Å². The smallest absolute Gasteiger partial charge is 0.325 e. The number of rotatable bonds is 4. The van der Waals surface area contributed by atoms with Crippen molar-refractivity contribution >= 4 is 11.9 Å². The minimum atomic E-state index is -1.02. The average Bonchev–Trinajstić information content (AvgIpc) is 2.38. The van der Waals surface area contributed by atoms with Crippen LogP contribution >= 0.6 is 0 Å². The standard InChI is InChI=1S/C14H18N2O3/c1-10(14(18)19)15-13(17)9-16-7-6-11-4-2-3-5-12(11)8-16/h2-5,10H,6-9H2,1H3,(H,15,17)(H,18,19). The maximum atomic E-state index is 11.7. The van der Waals surface area contributed by atoms with Gasteiger partial charge in [0.15, 0.2) is 0 Å². The lowest BCUT2D eigenvalue weighted by molar-refractivity contribution is -0.141. The molecule has 0 saturated heterocycles. The molecule has 1 aromatic carbocycles. The van der Waals surface area contributed by atoms with Gasteiger partial charge in [-0.2, -0.15) is 0 Å². The molecular formula is C14H18N2O3. The summed E-state index contributed by atoms with van der Waals surface area (Å²) in [6.07, 6.45) is 0.929. The third kappa shape index (κ3) is 3.54. The lowest BCUT2D eigenvalue weighted by Gasteiger charge is -2.28. The first-order chi connectivity index (χ1) is 9.06. The molecule has 1 aliphatic rings. The summed E-state index contributed by atoms with van der Waals surface area (Å²) in [5, 5.41) is 11.2. The Bertz CT molecular complexity index is 487. The summed E-state index contributed by atoms with van der Waals surface area (Å²) in [4.78, 5) is 24.4. The van der Waals surface area contributed by atoms with Gasteiger partial charge < -0.3 is 10.4 Å². The van der Waals surface area contributed by atoms with Crippen LogP contribution in [0.4, 0.5) is 0 Å². The van der Waals surface area contributed by atoms with E-state index in [-0.39, 0.29) is 12.5 Å². The van der Waals surface area contributed by atoms with Gasteiger partial charge in [0.05, 0.1) is 6.54 Å². The monoisotopic (exact) mass is 262 g/mol. The van der Waals surface area contributed by atoms with Crippen molar-refractivity contribution < 1.29 is 14.7 Å². The van der Waals surface area contributed by atoms with E-state index in [9.17, 15) is 9.59 Å². The van der Waals surface area contributed by atoms with Gasteiger partial charge in [-0.3, -0.25) is 14.5 Å². The molecule has 1 aliphatic heterocycles. The molecule has 5 heteroatoms.